The number of hydrogen-bond acceptors (Lipinski definition) is 5. The van der Waals surface area contributed by atoms with Gasteiger partial charge in [0.25, 0.3) is 6.47 Å². The lowest BCUT2D eigenvalue weighted by Gasteiger charge is -2.19. The van der Waals surface area contributed by atoms with Crippen LogP contribution in [0.3, 0.4) is 0 Å². The molecule has 0 aromatic heterocycles. The van der Waals surface area contributed by atoms with Gasteiger partial charge in [0.1, 0.15) is 17.8 Å². The molecule has 0 aliphatic rings. The number of carboxylic acid groups (broad SMARTS) is 1. The van der Waals surface area contributed by atoms with Gasteiger partial charge in [-0.2, -0.15) is 5.26 Å². The molecule has 2 amide bonds. The van der Waals surface area contributed by atoms with Crippen LogP contribution in [0.1, 0.15) is 28.7 Å². The Kier molecular flexibility index (Phi) is 9.51. The number of nitrogens with one attached hydrogen (secondary N) is 3. The smallest absolute Gasteiger partial charge is 0.290 e. The van der Waals surface area contributed by atoms with E-state index in [4.69, 9.17) is 21.0 Å². The molecule has 0 radical (unpaired) electrons. The van der Waals surface area contributed by atoms with Gasteiger partial charge >= 0.3 is 0 Å². The van der Waals surface area contributed by atoms with Crippen LogP contribution >= 0.6 is 0 Å². The Balaban J connectivity index is 0.00000129. The first-order chi connectivity index (χ1) is 16.4. The second-order valence-corrected chi connectivity index (χ2v) is 6.91. The fraction of sp³-hybridized carbons (Fsp3) is 0.0800. The molecule has 0 fully saturated rings. The molecule has 0 bridgehead atoms. The molecular formula is C25H23N5O4. The van der Waals surface area contributed by atoms with E-state index in [-0.39, 0.29) is 12.3 Å². The van der Waals surface area contributed by atoms with Gasteiger partial charge in [-0.15, -0.1) is 0 Å². The standard InChI is InChI=1S/C24H21N5O2.CH2O2/c25-15-20(16-7-3-1-4-8-16)29-24(31)21(17-9-5-2-6-10-17)23(30)28-19-13-11-18(12-14-19)22(26)27;2-1-3/h1-14,20-21H,(H3,26,27)(H,28,30)(H,29,31);1H,(H,2,3). The molecule has 0 saturated carbocycles. The quantitative estimate of drug-likeness (QED) is 0.158. The maximum Gasteiger partial charge on any atom is 0.290 e. The Morgan fingerprint density at radius 3 is 1.88 bits per heavy atom. The minimum absolute atomic E-state index is 0.0807. The third-order valence-electron chi connectivity index (χ3n) is 4.67. The van der Waals surface area contributed by atoms with E-state index in [1.807, 2.05) is 6.07 Å². The number of amides is 2. The van der Waals surface area contributed by atoms with Crippen molar-refractivity contribution in [2.75, 3.05) is 5.32 Å². The van der Waals surface area contributed by atoms with E-state index in [2.05, 4.69) is 16.7 Å². The normalized spacial score (nSPS) is 11.4. The first-order valence-corrected chi connectivity index (χ1v) is 10.0. The number of carbonyl (C=O) groups excluding carboxylic acids is 2. The van der Waals surface area contributed by atoms with Crippen molar-refractivity contribution in [3.63, 3.8) is 0 Å². The summed E-state index contributed by atoms with van der Waals surface area (Å²) in [6, 6.07) is 25.1. The highest BCUT2D eigenvalue weighted by Crippen LogP contribution is 2.21. The number of anilines is 1. The number of hydrogen-bond donors (Lipinski definition) is 5. The summed E-state index contributed by atoms with van der Waals surface area (Å²) in [5, 5.41) is 29.3. The van der Waals surface area contributed by atoms with Crippen molar-refractivity contribution in [1.82, 2.24) is 5.32 Å². The third kappa shape index (κ3) is 7.03. The molecule has 6 N–H and O–H groups in total. The molecule has 9 nitrogen and oxygen atoms in total. The lowest BCUT2D eigenvalue weighted by atomic mass is 9.96. The average molecular weight is 457 g/mol. The van der Waals surface area contributed by atoms with E-state index in [9.17, 15) is 14.9 Å². The van der Waals surface area contributed by atoms with Crippen molar-refractivity contribution >= 4 is 29.8 Å². The Morgan fingerprint density at radius 2 is 1.41 bits per heavy atom. The van der Waals surface area contributed by atoms with Gasteiger partial charge in [0, 0.05) is 11.3 Å². The van der Waals surface area contributed by atoms with Crippen molar-refractivity contribution in [2.24, 2.45) is 5.73 Å². The van der Waals surface area contributed by atoms with Crippen LogP contribution in [0.2, 0.25) is 0 Å². The van der Waals surface area contributed by atoms with Gasteiger partial charge in [-0.05, 0) is 35.4 Å². The largest absolute Gasteiger partial charge is 0.483 e. The van der Waals surface area contributed by atoms with Gasteiger partial charge in [-0.25, -0.2) is 0 Å². The van der Waals surface area contributed by atoms with Crippen LogP contribution in [0.4, 0.5) is 5.69 Å². The summed E-state index contributed by atoms with van der Waals surface area (Å²) < 4.78 is 0. The summed E-state index contributed by atoms with van der Waals surface area (Å²) in [6.07, 6.45) is 0. The summed E-state index contributed by atoms with van der Waals surface area (Å²) in [4.78, 5) is 34.5. The summed E-state index contributed by atoms with van der Waals surface area (Å²) in [6.45, 7) is -0.250. The van der Waals surface area contributed by atoms with Gasteiger partial charge < -0.3 is 21.5 Å². The Labute approximate surface area is 196 Å². The van der Waals surface area contributed by atoms with Gasteiger partial charge in [0.15, 0.2) is 0 Å². The monoisotopic (exact) mass is 457 g/mol. The topological polar surface area (TPSA) is 169 Å². The van der Waals surface area contributed by atoms with Crippen molar-refractivity contribution in [3.8, 4) is 6.07 Å². The summed E-state index contributed by atoms with van der Waals surface area (Å²) in [7, 11) is 0. The number of nitriles is 1. The average Bonchev–Trinajstić information content (AvgIpc) is 2.84. The minimum Gasteiger partial charge on any atom is -0.483 e. The van der Waals surface area contributed by atoms with Gasteiger partial charge in [0.2, 0.25) is 11.8 Å². The molecule has 0 spiro atoms. The third-order valence-corrected chi connectivity index (χ3v) is 4.67. The van der Waals surface area contributed by atoms with E-state index < -0.39 is 23.8 Å². The highest BCUT2D eigenvalue weighted by atomic mass is 16.3. The van der Waals surface area contributed by atoms with Crippen molar-refractivity contribution < 1.29 is 19.5 Å². The van der Waals surface area contributed by atoms with Crippen LogP contribution in [0.15, 0.2) is 84.9 Å². The maximum absolute atomic E-state index is 13.1. The van der Waals surface area contributed by atoms with Crippen LogP contribution in [0.5, 0.6) is 0 Å². The van der Waals surface area contributed by atoms with Gasteiger partial charge in [0.05, 0.1) is 6.07 Å². The molecule has 3 aromatic rings. The Hall–Kier alpha value is -4.97. The molecule has 172 valence electrons. The summed E-state index contributed by atoms with van der Waals surface area (Å²) in [5.74, 6) is -2.36. The Morgan fingerprint density at radius 1 is 0.912 bits per heavy atom. The van der Waals surface area contributed by atoms with Crippen molar-refractivity contribution in [3.05, 3.63) is 102 Å². The SMILES string of the molecule is N#CC(NC(=O)C(C(=O)Nc1ccc(C(=N)N)cc1)c1ccccc1)c1ccccc1.O=CO. The van der Waals surface area contributed by atoms with Crippen LogP contribution < -0.4 is 16.4 Å². The molecule has 0 aliphatic heterocycles. The molecule has 3 rings (SSSR count). The second kappa shape index (κ2) is 12.8. The van der Waals surface area contributed by atoms with Crippen LogP contribution in [0, 0.1) is 16.7 Å². The van der Waals surface area contributed by atoms with Crippen LogP contribution in [-0.4, -0.2) is 29.2 Å². The summed E-state index contributed by atoms with van der Waals surface area (Å²) >= 11 is 0. The van der Waals surface area contributed by atoms with Crippen LogP contribution in [-0.2, 0) is 14.4 Å². The number of nitrogens with zero attached hydrogens (tertiary/aromatic N) is 1. The van der Waals surface area contributed by atoms with Gasteiger partial charge in [-0.1, -0.05) is 60.7 Å². The molecule has 0 saturated heterocycles. The van der Waals surface area contributed by atoms with E-state index in [1.165, 1.54) is 0 Å². The zero-order valence-electron chi connectivity index (χ0n) is 18.0. The summed E-state index contributed by atoms with van der Waals surface area (Å²) in [5.41, 5.74) is 7.57. The molecule has 0 aliphatic carbocycles. The Bertz CT molecular complexity index is 1160. The van der Waals surface area contributed by atoms with Crippen LogP contribution in [0.25, 0.3) is 0 Å². The minimum atomic E-state index is -1.16. The molecule has 0 heterocycles. The van der Waals surface area contributed by atoms with Crippen molar-refractivity contribution in [1.29, 1.82) is 10.7 Å². The van der Waals surface area contributed by atoms with Crippen molar-refractivity contribution in [2.45, 2.75) is 12.0 Å². The lowest BCUT2D eigenvalue weighted by molar-refractivity contribution is -0.129. The zero-order chi connectivity index (χ0) is 24.9. The highest BCUT2D eigenvalue weighted by molar-refractivity contribution is 6.11. The number of amidine groups is 1. The number of carbonyl (C=O) groups is 3. The van der Waals surface area contributed by atoms with E-state index in [0.29, 0.717) is 22.4 Å². The first-order valence-electron chi connectivity index (χ1n) is 10.0. The predicted octanol–water partition coefficient (Wildman–Crippen LogP) is 2.77. The second-order valence-electron chi connectivity index (χ2n) is 6.91. The number of nitrogen functional groups attached to an aromatic ring is 1. The van der Waals surface area contributed by atoms with E-state index in [0.717, 1.165) is 0 Å². The maximum atomic E-state index is 13.1. The molecule has 2 unspecified atom stereocenters. The number of benzene rings is 3. The zero-order valence-corrected chi connectivity index (χ0v) is 18.0. The molecule has 9 heteroatoms. The molecular weight excluding hydrogens is 434 g/mol. The first kappa shape index (κ1) is 25.3. The van der Waals surface area contributed by atoms with E-state index >= 15 is 0 Å². The number of rotatable bonds is 7. The lowest BCUT2D eigenvalue weighted by Crippen LogP contribution is -2.38. The van der Waals surface area contributed by atoms with Gasteiger partial charge in [-0.3, -0.25) is 19.8 Å². The fourth-order valence-corrected chi connectivity index (χ4v) is 3.08. The fourth-order valence-electron chi connectivity index (χ4n) is 3.08. The highest BCUT2D eigenvalue weighted by Gasteiger charge is 2.30. The molecule has 34 heavy (non-hydrogen) atoms. The van der Waals surface area contributed by atoms with E-state index in [1.54, 1.807) is 78.9 Å². The predicted molar refractivity (Wildman–Crippen MR) is 127 cm³/mol. The molecule has 2 atom stereocenters. The number of nitrogens with two attached hydrogens (primary N) is 1. The molecule has 3 aromatic carbocycles.